The average Bonchev–Trinajstić information content (AvgIpc) is 3.00. The molecule has 0 radical (unpaired) electrons. The number of hydrogen-bond donors (Lipinski definition) is 3. The summed E-state index contributed by atoms with van der Waals surface area (Å²) in [5.74, 6) is 1.15. The van der Waals surface area contributed by atoms with E-state index >= 15 is 0 Å². The average molecular weight is 261 g/mol. The number of aromatic amines is 1. The smallest absolute Gasteiger partial charge is 0.244 e. The summed E-state index contributed by atoms with van der Waals surface area (Å²) >= 11 is 0. The lowest BCUT2D eigenvalue weighted by Crippen LogP contribution is -2.31. The van der Waals surface area contributed by atoms with Gasteiger partial charge in [-0.1, -0.05) is 0 Å². The first-order valence-electron chi connectivity index (χ1n) is 6.09. The van der Waals surface area contributed by atoms with E-state index < -0.39 is 0 Å². The van der Waals surface area contributed by atoms with Gasteiger partial charge in [-0.05, 0) is 6.42 Å². The van der Waals surface area contributed by atoms with Crippen molar-refractivity contribution in [2.24, 2.45) is 0 Å². The Labute approximate surface area is 109 Å². The number of likely N-dealkylation sites (tertiary alicyclic amines) is 1. The van der Waals surface area contributed by atoms with E-state index in [4.69, 9.17) is 0 Å². The number of fused-ring (bicyclic) bond motifs is 1. The SMILES string of the molecule is CNc1nc(NC2CCN(C)C2=O)c2[nH]cnc2n1. The van der Waals surface area contributed by atoms with E-state index in [1.807, 2.05) is 0 Å². The van der Waals surface area contributed by atoms with Gasteiger partial charge in [-0.25, -0.2) is 4.98 Å². The van der Waals surface area contributed by atoms with Gasteiger partial charge in [0.1, 0.15) is 11.6 Å². The molecule has 100 valence electrons. The first-order valence-corrected chi connectivity index (χ1v) is 6.09. The third-order valence-electron chi connectivity index (χ3n) is 3.25. The summed E-state index contributed by atoms with van der Waals surface area (Å²) in [7, 11) is 3.54. The van der Waals surface area contributed by atoms with E-state index in [1.165, 1.54) is 0 Å². The number of likely N-dealkylation sites (N-methyl/N-ethyl adjacent to an activating group) is 1. The number of nitrogens with zero attached hydrogens (tertiary/aromatic N) is 4. The molecule has 1 saturated heterocycles. The fourth-order valence-corrected chi connectivity index (χ4v) is 2.17. The molecule has 1 aliphatic heterocycles. The molecule has 1 aliphatic rings. The van der Waals surface area contributed by atoms with Crippen LogP contribution in [-0.4, -0.2) is 57.4 Å². The second-order valence-corrected chi connectivity index (χ2v) is 4.49. The number of anilines is 2. The number of aromatic nitrogens is 4. The van der Waals surface area contributed by atoms with Gasteiger partial charge in [0.05, 0.1) is 6.33 Å². The Kier molecular flexibility index (Phi) is 2.69. The van der Waals surface area contributed by atoms with Crippen molar-refractivity contribution in [2.45, 2.75) is 12.5 Å². The Morgan fingerprint density at radius 2 is 2.32 bits per heavy atom. The van der Waals surface area contributed by atoms with Gasteiger partial charge in [-0.15, -0.1) is 0 Å². The zero-order valence-corrected chi connectivity index (χ0v) is 10.8. The maximum atomic E-state index is 11.9. The number of rotatable bonds is 3. The van der Waals surface area contributed by atoms with E-state index in [2.05, 4.69) is 30.6 Å². The summed E-state index contributed by atoms with van der Waals surface area (Å²) in [5.41, 5.74) is 1.28. The van der Waals surface area contributed by atoms with Crippen molar-refractivity contribution in [3.8, 4) is 0 Å². The number of nitrogens with one attached hydrogen (secondary N) is 3. The molecule has 2 aromatic heterocycles. The van der Waals surface area contributed by atoms with Crippen molar-refractivity contribution in [1.29, 1.82) is 0 Å². The molecule has 0 saturated carbocycles. The minimum Gasteiger partial charge on any atom is -0.357 e. The van der Waals surface area contributed by atoms with Crippen LogP contribution in [0, 0.1) is 0 Å². The fraction of sp³-hybridized carbons (Fsp3) is 0.455. The van der Waals surface area contributed by atoms with Crippen molar-refractivity contribution in [3.05, 3.63) is 6.33 Å². The zero-order valence-electron chi connectivity index (χ0n) is 10.8. The normalized spacial score (nSPS) is 19.2. The van der Waals surface area contributed by atoms with Crippen molar-refractivity contribution >= 4 is 28.8 Å². The van der Waals surface area contributed by atoms with Crippen LogP contribution < -0.4 is 10.6 Å². The van der Waals surface area contributed by atoms with Crippen LogP contribution in [0.1, 0.15) is 6.42 Å². The fourth-order valence-electron chi connectivity index (χ4n) is 2.17. The highest BCUT2D eigenvalue weighted by Gasteiger charge is 2.29. The van der Waals surface area contributed by atoms with Crippen LogP contribution in [0.15, 0.2) is 6.33 Å². The molecule has 0 aromatic carbocycles. The molecule has 3 rings (SSSR count). The Morgan fingerprint density at radius 3 is 3.00 bits per heavy atom. The molecule has 8 nitrogen and oxygen atoms in total. The molecular formula is C11H15N7O. The number of H-pyrrole nitrogens is 1. The summed E-state index contributed by atoms with van der Waals surface area (Å²) in [6, 6.07) is -0.240. The minimum atomic E-state index is -0.240. The van der Waals surface area contributed by atoms with Gasteiger partial charge in [0.15, 0.2) is 11.5 Å². The van der Waals surface area contributed by atoms with E-state index in [-0.39, 0.29) is 11.9 Å². The highest BCUT2D eigenvalue weighted by atomic mass is 16.2. The number of imidazole rings is 1. The molecule has 2 aromatic rings. The van der Waals surface area contributed by atoms with Crippen LogP contribution in [0.2, 0.25) is 0 Å². The van der Waals surface area contributed by atoms with Crippen molar-refractivity contribution < 1.29 is 4.79 Å². The van der Waals surface area contributed by atoms with Crippen LogP contribution in [0.25, 0.3) is 11.2 Å². The number of amides is 1. The van der Waals surface area contributed by atoms with E-state index in [0.717, 1.165) is 13.0 Å². The molecule has 19 heavy (non-hydrogen) atoms. The molecule has 3 heterocycles. The van der Waals surface area contributed by atoms with Gasteiger partial charge in [0.2, 0.25) is 11.9 Å². The molecule has 0 spiro atoms. The summed E-state index contributed by atoms with van der Waals surface area (Å²) in [6.45, 7) is 0.757. The Hall–Kier alpha value is -2.38. The van der Waals surface area contributed by atoms with E-state index in [9.17, 15) is 4.79 Å². The number of carbonyl (C=O) groups is 1. The van der Waals surface area contributed by atoms with Gasteiger partial charge in [-0.2, -0.15) is 9.97 Å². The van der Waals surface area contributed by atoms with Gasteiger partial charge in [0, 0.05) is 20.6 Å². The summed E-state index contributed by atoms with van der Waals surface area (Å²) in [6.07, 6.45) is 2.33. The molecule has 1 atom stereocenters. The first-order chi connectivity index (χ1) is 9.19. The van der Waals surface area contributed by atoms with Crippen molar-refractivity contribution in [3.63, 3.8) is 0 Å². The zero-order chi connectivity index (χ0) is 13.4. The quantitative estimate of drug-likeness (QED) is 0.721. The van der Waals surface area contributed by atoms with Crippen LogP contribution >= 0.6 is 0 Å². The standard InChI is InChI=1S/C11H15N7O/c1-12-11-16-8-7(13-5-14-8)9(17-11)15-6-3-4-18(2)10(6)19/h5-6H,3-4H2,1-2H3,(H3,12,13,14,15,16,17). The lowest BCUT2D eigenvalue weighted by atomic mass is 10.2. The number of carbonyl (C=O) groups excluding carboxylic acids is 1. The molecule has 3 N–H and O–H groups in total. The number of hydrogen-bond acceptors (Lipinski definition) is 6. The second-order valence-electron chi connectivity index (χ2n) is 4.49. The van der Waals surface area contributed by atoms with Gasteiger partial charge < -0.3 is 20.5 Å². The third kappa shape index (κ3) is 1.94. The highest BCUT2D eigenvalue weighted by molar-refractivity contribution is 5.90. The largest absolute Gasteiger partial charge is 0.357 e. The molecule has 0 aliphatic carbocycles. The molecule has 1 fully saturated rings. The summed E-state index contributed by atoms with van der Waals surface area (Å²) in [5, 5.41) is 6.05. The third-order valence-corrected chi connectivity index (χ3v) is 3.25. The predicted octanol–water partition coefficient (Wildman–Crippen LogP) is 0.0372. The van der Waals surface area contributed by atoms with Crippen molar-refractivity contribution in [1.82, 2.24) is 24.8 Å². The lowest BCUT2D eigenvalue weighted by molar-refractivity contribution is -0.127. The monoisotopic (exact) mass is 261 g/mol. The lowest BCUT2D eigenvalue weighted by Gasteiger charge is -2.13. The second kappa shape index (κ2) is 4.38. The van der Waals surface area contributed by atoms with Gasteiger partial charge in [-0.3, -0.25) is 4.79 Å². The minimum absolute atomic E-state index is 0.0808. The Bertz CT molecular complexity index is 623. The molecular weight excluding hydrogens is 246 g/mol. The highest BCUT2D eigenvalue weighted by Crippen LogP contribution is 2.21. The molecule has 8 heteroatoms. The molecule has 1 unspecified atom stereocenters. The summed E-state index contributed by atoms with van der Waals surface area (Å²) < 4.78 is 0. The van der Waals surface area contributed by atoms with Gasteiger partial charge in [0.25, 0.3) is 0 Å². The maximum Gasteiger partial charge on any atom is 0.244 e. The van der Waals surface area contributed by atoms with Gasteiger partial charge >= 0.3 is 0 Å². The van der Waals surface area contributed by atoms with Crippen LogP contribution in [0.4, 0.5) is 11.8 Å². The van der Waals surface area contributed by atoms with Crippen LogP contribution in [0.3, 0.4) is 0 Å². The van der Waals surface area contributed by atoms with E-state index in [0.29, 0.717) is 22.9 Å². The maximum absolute atomic E-state index is 11.9. The van der Waals surface area contributed by atoms with Crippen LogP contribution in [-0.2, 0) is 4.79 Å². The van der Waals surface area contributed by atoms with E-state index in [1.54, 1.807) is 25.3 Å². The molecule has 1 amide bonds. The summed E-state index contributed by atoms with van der Waals surface area (Å²) in [4.78, 5) is 29.3. The van der Waals surface area contributed by atoms with Crippen molar-refractivity contribution in [2.75, 3.05) is 31.3 Å². The predicted molar refractivity (Wildman–Crippen MR) is 70.9 cm³/mol. The Balaban J connectivity index is 1.95. The molecule has 0 bridgehead atoms. The Morgan fingerprint density at radius 1 is 1.47 bits per heavy atom. The van der Waals surface area contributed by atoms with Crippen LogP contribution in [0.5, 0.6) is 0 Å². The first kappa shape index (κ1) is 11.7. The topological polar surface area (TPSA) is 98.8 Å².